The Labute approximate surface area is 168 Å². The summed E-state index contributed by atoms with van der Waals surface area (Å²) in [6.45, 7) is 0. The lowest BCUT2D eigenvalue weighted by Gasteiger charge is -2.19. The van der Waals surface area contributed by atoms with Gasteiger partial charge in [-0.25, -0.2) is 0 Å². The summed E-state index contributed by atoms with van der Waals surface area (Å²) in [4.78, 5) is 31.0. The maximum Gasteiger partial charge on any atom is 0.167 e. The van der Waals surface area contributed by atoms with E-state index in [1.165, 1.54) is 0 Å². The lowest BCUT2D eigenvalue weighted by atomic mass is 9.83. The highest BCUT2D eigenvalue weighted by Crippen LogP contribution is 2.34. The molecule has 0 saturated carbocycles. The summed E-state index contributed by atoms with van der Waals surface area (Å²) in [5, 5.41) is 2.23. The summed E-state index contributed by atoms with van der Waals surface area (Å²) in [6.07, 6.45) is 12.5. The van der Waals surface area contributed by atoms with E-state index in [2.05, 4.69) is 9.97 Å². The molecule has 0 radical (unpaired) electrons. The molecule has 4 heteroatoms. The van der Waals surface area contributed by atoms with Crippen LogP contribution >= 0.6 is 0 Å². The number of benzene rings is 2. The van der Waals surface area contributed by atoms with E-state index in [0.29, 0.717) is 12.8 Å². The SMILES string of the molecule is O=C1CC=Cc2c1ccc1c3c(ccc21)C(=O)CCC3.c1c[nH]c2cncc-2c1. The molecule has 0 fully saturated rings. The number of H-pyrrole nitrogens is 1. The lowest BCUT2D eigenvalue weighted by molar-refractivity contribution is 0.0970. The Morgan fingerprint density at radius 3 is 2.62 bits per heavy atom. The minimum Gasteiger partial charge on any atom is -0.360 e. The molecule has 6 rings (SSSR count). The zero-order chi connectivity index (χ0) is 19.8. The molecule has 29 heavy (non-hydrogen) atoms. The third kappa shape index (κ3) is 3.07. The number of nitrogens with zero attached hydrogens (tertiary/aromatic N) is 1. The van der Waals surface area contributed by atoms with Crippen molar-refractivity contribution in [2.45, 2.75) is 25.7 Å². The van der Waals surface area contributed by atoms with E-state index in [-0.39, 0.29) is 11.6 Å². The normalized spacial score (nSPS) is 15.0. The molecule has 1 N–H and O–H groups in total. The number of ketones is 2. The van der Waals surface area contributed by atoms with Crippen molar-refractivity contribution in [3.05, 3.63) is 83.3 Å². The van der Waals surface area contributed by atoms with Gasteiger partial charge in [-0.15, -0.1) is 0 Å². The Morgan fingerprint density at radius 2 is 1.72 bits per heavy atom. The van der Waals surface area contributed by atoms with Gasteiger partial charge in [0.15, 0.2) is 11.6 Å². The summed E-state index contributed by atoms with van der Waals surface area (Å²) in [6, 6.07) is 11.9. The molecular formula is C25H20N2O2. The number of aromatic amines is 1. The van der Waals surface area contributed by atoms with E-state index in [1.807, 2.05) is 67.1 Å². The van der Waals surface area contributed by atoms with Crippen molar-refractivity contribution in [2.75, 3.05) is 0 Å². The van der Waals surface area contributed by atoms with E-state index in [4.69, 9.17) is 0 Å². The zero-order valence-corrected chi connectivity index (χ0v) is 15.9. The van der Waals surface area contributed by atoms with Crippen molar-refractivity contribution in [1.82, 2.24) is 9.97 Å². The van der Waals surface area contributed by atoms with Crippen LogP contribution in [0.2, 0.25) is 0 Å². The first kappa shape index (κ1) is 17.6. The highest BCUT2D eigenvalue weighted by Gasteiger charge is 2.22. The average molecular weight is 380 g/mol. The molecule has 0 spiro atoms. The Kier molecular flexibility index (Phi) is 4.32. The smallest absolute Gasteiger partial charge is 0.167 e. The van der Waals surface area contributed by atoms with Gasteiger partial charge in [0.1, 0.15) is 0 Å². The molecule has 0 aromatic heterocycles. The highest BCUT2D eigenvalue weighted by molar-refractivity contribution is 6.11. The summed E-state index contributed by atoms with van der Waals surface area (Å²) < 4.78 is 0. The zero-order valence-electron chi connectivity index (χ0n) is 15.9. The fraction of sp³-hybridized carbons (Fsp3) is 0.160. The van der Waals surface area contributed by atoms with Crippen LogP contribution in [0.1, 0.15) is 51.1 Å². The Balaban J connectivity index is 0.000000168. The molecule has 4 nitrogen and oxygen atoms in total. The molecule has 2 aromatic carbocycles. The van der Waals surface area contributed by atoms with Crippen molar-refractivity contribution in [3.63, 3.8) is 0 Å². The maximum atomic E-state index is 12.0. The Bertz CT molecular complexity index is 1220. The number of pyridine rings is 1. The van der Waals surface area contributed by atoms with E-state index in [9.17, 15) is 9.59 Å². The van der Waals surface area contributed by atoms with Gasteiger partial charge >= 0.3 is 0 Å². The quantitative estimate of drug-likeness (QED) is 0.440. The van der Waals surface area contributed by atoms with E-state index in [1.54, 1.807) is 0 Å². The topological polar surface area (TPSA) is 62.8 Å². The molecule has 0 bridgehead atoms. The van der Waals surface area contributed by atoms with Crippen LogP contribution in [0.25, 0.3) is 28.1 Å². The predicted molar refractivity (Wildman–Crippen MR) is 114 cm³/mol. The molecule has 2 aliphatic heterocycles. The number of aromatic nitrogens is 2. The molecule has 2 aliphatic carbocycles. The second kappa shape index (κ2) is 7.13. The number of hydrogen-bond acceptors (Lipinski definition) is 3. The van der Waals surface area contributed by atoms with Gasteiger partial charge in [-0.05, 0) is 46.9 Å². The van der Waals surface area contributed by atoms with E-state index >= 15 is 0 Å². The second-order valence-electron chi connectivity index (χ2n) is 7.47. The van der Waals surface area contributed by atoms with Gasteiger partial charge in [0.05, 0.1) is 11.9 Å². The molecule has 0 saturated heterocycles. The average Bonchev–Trinajstić information content (AvgIpc) is 3.23. The molecule has 2 aromatic rings. The molecule has 0 atom stereocenters. The van der Waals surface area contributed by atoms with Gasteiger partial charge in [0.2, 0.25) is 0 Å². The maximum absolute atomic E-state index is 12.0. The van der Waals surface area contributed by atoms with Crippen LogP contribution in [0.4, 0.5) is 0 Å². The van der Waals surface area contributed by atoms with Crippen LogP contribution in [-0.4, -0.2) is 21.5 Å². The second-order valence-corrected chi connectivity index (χ2v) is 7.47. The van der Waals surface area contributed by atoms with Crippen LogP contribution in [0, 0.1) is 0 Å². The molecule has 2 heterocycles. The largest absolute Gasteiger partial charge is 0.360 e. The Hall–Kier alpha value is -3.53. The number of fused-ring (bicyclic) bond motifs is 6. The third-order valence-corrected chi connectivity index (χ3v) is 5.71. The number of hydrogen-bond donors (Lipinski definition) is 1. The molecule has 4 aliphatic rings. The van der Waals surface area contributed by atoms with Crippen LogP contribution in [0.15, 0.2) is 61.1 Å². The fourth-order valence-corrected chi connectivity index (χ4v) is 4.28. The van der Waals surface area contributed by atoms with Crippen molar-refractivity contribution in [2.24, 2.45) is 0 Å². The number of aryl methyl sites for hydroxylation is 1. The summed E-state index contributed by atoms with van der Waals surface area (Å²) >= 11 is 0. The minimum atomic E-state index is 0.179. The van der Waals surface area contributed by atoms with Gasteiger partial charge in [-0.1, -0.05) is 36.4 Å². The number of rotatable bonds is 0. The predicted octanol–water partition coefficient (Wildman–Crippen LogP) is 5.47. The number of nitrogens with one attached hydrogen (secondary N) is 1. The molecular weight excluding hydrogens is 360 g/mol. The van der Waals surface area contributed by atoms with Gasteiger partial charge in [0, 0.05) is 41.9 Å². The van der Waals surface area contributed by atoms with Crippen LogP contribution in [0.3, 0.4) is 0 Å². The highest BCUT2D eigenvalue weighted by atomic mass is 16.1. The number of allylic oxidation sites excluding steroid dienone is 1. The van der Waals surface area contributed by atoms with Crippen molar-refractivity contribution in [3.8, 4) is 11.3 Å². The fourth-order valence-electron chi connectivity index (χ4n) is 4.28. The first-order valence-electron chi connectivity index (χ1n) is 9.91. The number of Topliss-reactive ketones (excluding diaryl/α,β-unsaturated/α-hetero) is 2. The van der Waals surface area contributed by atoms with Crippen LogP contribution in [-0.2, 0) is 6.42 Å². The van der Waals surface area contributed by atoms with Crippen molar-refractivity contribution in [1.29, 1.82) is 0 Å². The van der Waals surface area contributed by atoms with Gasteiger partial charge in [0.25, 0.3) is 0 Å². The number of carbonyl (C=O) groups excluding carboxylic acids is 2. The summed E-state index contributed by atoms with van der Waals surface area (Å²) in [7, 11) is 0. The Morgan fingerprint density at radius 1 is 0.862 bits per heavy atom. The van der Waals surface area contributed by atoms with E-state index < -0.39 is 0 Å². The van der Waals surface area contributed by atoms with Gasteiger partial charge in [-0.3, -0.25) is 14.6 Å². The lowest BCUT2D eigenvalue weighted by Crippen LogP contribution is -2.12. The monoisotopic (exact) mass is 380 g/mol. The molecule has 142 valence electrons. The summed E-state index contributed by atoms with van der Waals surface area (Å²) in [5.74, 6) is 0.427. The van der Waals surface area contributed by atoms with Gasteiger partial charge in [-0.2, -0.15) is 0 Å². The first-order chi connectivity index (χ1) is 14.2. The van der Waals surface area contributed by atoms with Gasteiger partial charge < -0.3 is 4.98 Å². The molecule has 0 amide bonds. The third-order valence-electron chi connectivity index (χ3n) is 5.71. The standard InChI is InChI=1S/C18H14O2.C7H6N2/c19-17-5-1-3-11-13-7-10-16-12(4-2-6-18(16)20)14(13)8-9-15(11)17;1-2-6-4-8-5-7(6)9-3-1/h1,3,7-10H,2,4-6H2;1-5,9H. The first-order valence-corrected chi connectivity index (χ1v) is 9.91. The summed E-state index contributed by atoms with van der Waals surface area (Å²) in [5.41, 5.74) is 6.11. The minimum absolute atomic E-state index is 0.179. The number of carbonyl (C=O) groups is 2. The van der Waals surface area contributed by atoms with E-state index in [0.717, 1.165) is 57.1 Å². The molecule has 0 unspecified atom stereocenters. The van der Waals surface area contributed by atoms with Crippen LogP contribution in [0.5, 0.6) is 0 Å². The van der Waals surface area contributed by atoms with Crippen molar-refractivity contribution < 1.29 is 9.59 Å². The van der Waals surface area contributed by atoms with Crippen LogP contribution < -0.4 is 0 Å². The van der Waals surface area contributed by atoms with Crippen molar-refractivity contribution >= 4 is 28.4 Å².